The lowest BCUT2D eigenvalue weighted by Gasteiger charge is -2.33. The summed E-state index contributed by atoms with van der Waals surface area (Å²) < 4.78 is 7.58. The molecule has 8 nitrogen and oxygen atoms in total. The van der Waals surface area contributed by atoms with E-state index in [1.54, 1.807) is 29.9 Å². The second-order valence-electron chi connectivity index (χ2n) is 8.38. The molecule has 2 aromatic carbocycles. The van der Waals surface area contributed by atoms with E-state index >= 15 is 0 Å². The van der Waals surface area contributed by atoms with Crippen molar-refractivity contribution in [2.75, 3.05) is 31.7 Å². The van der Waals surface area contributed by atoms with Crippen LogP contribution in [0.5, 0.6) is 5.75 Å². The molecule has 1 atom stereocenters. The van der Waals surface area contributed by atoms with E-state index in [2.05, 4.69) is 16.9 Å². The van der Waals surface area contributed by atoms with Crippen LogP contribution in [0.25, 0.3) is 0 Å². The van der Waals surface area contributed by atoms with Crippen molar-refractivity contribution in [1.82, 2.24) is 14.7 Å². The van der Waals surface area contributed by atoms with Gasteiger partial charge in [-0.1, -0.05) is 53.8 Å². The molecule has 35 heavy (non-hydrogen) atoms. The van der Waals surface area contributed by atoms with Gasteiger partial charge in [-0.2, -0.15) is 5.10 Å². The van der Waals surface area contributed by atoms with Crippen LogP contribution in [0.1, 0.15) is 27.2 Å². The van der Waals surface area contributed by atoms with Crippen molar-refractivity contribution < 1.29 is 19.4 Å². The number of nitrogens with zero attached hydrogens (tertiary/aromatic N) is 4. The van der Waals surface area contributed by atoms with E-state index in [0.717, 1.165) is 5.56 Å². The molecule has 0 saturated carbocycles. The topological polar surface area (TPSA) is 87.9 Å². The van der Waals surface area contributed by atoms with Crippen molar-refractivity contribution in [3.8, 4) is 17.6 Å². The summed E-state index contributed by atoms with van der Waals surface area (Å²) in [5, 5.41) is 13.9. The number of fused-ring (bicyclic) bond motifs is 2. The Morgan fingerprint density at radius 3 is 2.77 bits per heavy atom. The van der Waals surface area contributed by atoms with E-state index in [0.29, 0.717) is 47.2 Å². The molecular weight excluding hydrogens is 468 g/mol. The summed E-state index contributed by atoms with van der Waals surface area (Å²) >= 11 is 6.58. The van der Waals surface area contributed by atoms with Crippen molar-refractivity contribution in [2.45, 2.75) is 19.0 Å². The molecule has 0 fully saturated rings. The highest BCUT2D eigenvalue weighted by molar-refractivity contribution is 6.31. The fourth-order valence-corrected chi connectivity index (χ4v) is 4.71. The van der Waals surface area contributed by atoms with Gasteiger partial charge < -0.3 is 19.6 Å². The molecule has 1 aromatic heterocycles. The zero-order valence-corrected chi connectivity index (χ0v) is 19.8. The molecule has 0 saturated heterocycles. The highest BCUT2D eigenvalue weighted by Gasteiger charge is 2.40. The first-order chi connectivity index (χ1) is 17.0. The van der Waals surface area contributed by atoms with Crippen molar-refractivity contribution >= 4 is 29.1 Å². The van der Waals surface area contributed by atoms with E-state index in [-0.39, 0.29) is 30.7 Å². The van der Waals surface area contributed by atoms with Crippen LogP contribution >= 0.6 is 11.6 Å². The van der Waals surface area contributed by atoms with Gasteiger partial charge in [-0.25, -0.2) is 4.68 Å². The molecule has 2 amide bonds. The first-order valence-electron chi connectivity index (χ1n) is 11.2. The van der Waals surface area contributed by atoms with Crippen LogP contribution in [0.15, 0.2) is 48.5 Å². The molecule has 0 bridgehead atoms. The number of hydrogen-bond donors (Lipinski definition) is 1. The molecule has 1 unspecified atom stereocenters. The monoisotopic (exact) mass is 490 g/mol. The average molecular weight is 491 g/mol. The number of anilines is 1. The maximum Gasteiger partial charge on any atom is 0.275 e. The molecule has 2 aliphatic heterocycles. The van der Waals surface area contributed by atoms with Crippen LogP contribution in [-0.4, -0.2) is 64.4 Å². The summed E-state index contributed by atoms with van der Waals surface area (Å²) in [4.78, 5) is 29.9. The van der Waals surface area contributed by atoms with E-state index in [4.69, 9.17) is 21.4 Å². The first-order valence-corrected chi connectivity index (χ1v) is 11.6. The van der Waals surface area contributed by atoms with Gasteiger partial charge in [-0.05, 0) is 30.2 Å². The summed E-state index contributed by atoms with van der Waals surface area (Å²) in [7, 11) is 1.65. The Bertz CT molecular complexity index is 1360. The smallest absolute Gasteiger partial charge is 0.275 e. The predicted octanol–water partition coefficient (Wildman–Crippen LogP) is 2.35. The van der Waals surface area contributed by atoms with Gasteiger partial charge in [-0.3, -0.25) is 9.59 Å². The van der Waals surface area contributed by atoms with Crippen LogP contribution in [0.2, 0.25) is 5.15 Å². The van der Waals surface area contributed by atoms with Crippen LogP contribution in [-0.2, 0) is 17.8 Å². The minimum Gasteiger partial charge on any atom is -0.489 e. The summed E-state index contributed by atoms with van der Waals surface area (Å²) in [6.07, 6.45) is 0.496. The SMILES string of the molecule is CN1C(=O)C(N2CCc3c(nn(Cc4ccccc4)c3Cl)C2=O)COc2ccc(C#CCO)cc21. The number of amides is 2. The van der Waals surface area contributed by atoms with Crippen molar-refractivity contribution in [1.29, 1.82) is 0 Å². The van der Waals surface area contributed by atoms with Gasteiger partial charge in [0.05, 0.1) is 12.2 Å². The number of benzene rings is 2. The molecule has 1 N–H and O–H groups in total. The van der Waals surface area contributed by atoms with E-state index in [1.807, 2.05) is 30.3 Å². The standard InChI is InChI=1S/C26H23ClN4O4/c1-29-20-14-17(8-5-13-32)9-10-22(20)35-16-21(25(29)33)30-12-11-19-23(26(30)34)28-31(24(19)27)15-18-6-3-2-4-7-18/h2-4,6-7,9-10,14,21,32H,11-13,15-16H2,1H3. The van der Waals surface area contributed by atoms with Crippen LogP contribution in [0.3, 0.4) is 0 Å². The Hall–Kier alpha value is -3.80. The van der Waals surface area contributed by atoms with Gasteiger partial charge in [0.2, 0.25) is 0 Å². The third-order valence-corrected chi connectivity index (χ3v) is 6.67. The number of carbonyl (C=O) groups is 2. The van der Waals surface area contributed by atoms with Gasteiger partial charge in [0.25, 0.3) is 11.8 Å². The molecule has 178 valence electrons. The number of aliphatic hydroxyl groups is 1. The van der Waals surface area contributed by atoms with Crippen molar-refractivity contribution in [3.63, 3.8) is 0 Å². The molecule has 0 spiro atoms. The third kappa shape index (κ3) is 4.25. The Labute approximate surface area is 207 Å². The van der Waals surface area contributed by atoms with E-state index in [9.17, 15) is 9.59 Å². The third-order valence-electron chi connectivity index (χ3n) is 6.24. The van der Waals surface area contributed by atoms with Gasteiger partial charge in [-0.15, -0.1) is 0 Å². The Morgan fingerprint density at radius 2 is 2.00 bits per heavy atom. The lowest BCUT2D eigenvalue weighted by Crippen LogP contribution is -2.54. The maximum absolute atomic E-state index is 13.5. The molecule has 0 radical (unpaired) electrons. The van der Waals surface area contributed by atoms with Gasteiger partial charge in [0.15, 0.2) is 5.69 Å². The van der Waals surface area contributed by atoms with Crippen molar-refractivity contribution in [3.05, 3.63) is 76.1 Å². The number of aliphatic hydroxyl groups excluding tert-OH is 1. The summed E-state index contributed by atoms with van der Waals surface area (Å²) in [6, 6.07) is 14.2. The fraction of sp³-hybridized carbons (Fsp3) is 0.269. The number of hydrogen-bond acceptors (Lipinski definition) is 5. The van der Waals surface area contributed by atoms with Crippen molar-refractivity contribution in [2.24, 2.45) is 0 Å². The molecule has 3 aromatic rings. The molecule has 0 aliphatic carbocycles. The minimum absolute atomic E-state index is 0.0252. The lowest BCUT2D eigenvalue weighted by atomic mass is 10.0. The Balaban J connectivity index is 1.40. The van der Waals surface area contributed by atoms with Crippen LogP contribution < -0.4 is 9.64 Å². The molecule has 5 rings (SSSR count). The number of ether oxygens (including phenoxy) is 1. The summed E-state index contributed by atoms with van der Waals surface area (Å²) in [5.74, 6) is 5.36. The van der Waals surface area contributed by atoms with Crippen LogP contribution in [0.4, 0.5) is 5.69 Å². The summed E-state index contributed by atoms with van der Waals surface area (Å²) in [5.41, 5.74) is 3.21. The molecular formula is C26H23ClN4O4. The highest BCUT2D eigenvalue weighted by atomic mass is 35.5. The second-order valence-corrected chi connectivity index (χ2v) is 8.73. The zero-order valence-electron chi connectivity index (χ0n) is 19.1. The Morgan fingerprint density at radius 1 is 1.20 bits per heavy atom. The Kier molecular flexibility index (Phi) is 6.20. The summed E-state index contributed by atoms with van der Waals surface area (Å²) in [6.45, 7) is 0.552. The fourth-order valence-electron chi connectivity index (χ4n) is 4.43. The van der Waals surface area contributed by atoms with E-state index < -0.39 is 6.04 Å². The molecule has 3 heterocycles. The van der Waals surface area contributed by atoms with E-state index in [1.165, 1.54) is 9.80 Å². The first kappa shape index (κ1) is 23.0. The second kappa shape index (κ2) is 9.45. The van der Waals surface area contributed by atoms with Gasteiger partial charge >= 0.3 is 0 Å². The van der Waals surface area contributed by atoms with Crippen LogP contribution in [0, 0.1) is 11.8 Å². The number of aromatic nitrogens is 2. The normalized spacial score (nSPS) is 17.2. The number of halogens is 1. The maximum atomic E-state index is 13.5. The number of rotatable bonds is 3. The predicted molar refractivity (Wildman–Crippen MR) is 131 cm³/mol. The largest absolute Gasteiger partial charge is 0.489 e. The van der Waals surface area contributed by atoms with Gasteiger partial charge in [0, 0.05) is 24.7 Å². The average Bonchev–Trinajstić information content (AvgIpc) is 3.13. The van der Waals surface area contributed by atoms with Gasteiger partial charge in [0.1, 0.15) is 30.2 Å². The molecule has 9 heteroatoms. The quantitative estimate of drug-likeness (QED) is 0.569. The number of carbonyl (C=O) groups excluding carboxylic acids is 2. The minimum atomic E-state index is -0.807. The number of likely N-dealkylation sites (N-methyl/N-ethyl adjacent to an activating group) is 1. The highest BCUT2D eigenvalue weighted by Crippen LogP contribution is 2.34. The molecule has 2 aliphatic rings. The zero-order chi connectivity index (χ0) is 24.5. The lowest BCUT2D eigenvalue weighted by molar-refractivity contribution is -0.123.